The lowest BCUT2D eigenvalue weighted by atomic mass is 9.86. The fourth-order valence-corrected chi connectivity index (χ4v) is 4.42. The summed E-state index contributed by atoms with van der Waals surface area (Å²) < 4.78 is 28.0. The van der Waals surface area contributed by atoms with Gasteiger partial charge in [0.05, 0.1) is 22.0 Å². The van der Waals surface area contributed by atoms with Gasteiger partial charge in [0.1, 0.15) is 0 Å². The zero-order chi connectivity index (χ0) is 18.9. The maximum atomic E-state index is 12.7. The lowest BCUT2D eigenvalue weighted by Gasteiger charge is -2.30. The molecule has 0 fully saturated rings. The van der Waals surface area contributed by atoms with Gasteiger partial charge in [-0.1, -0.05) is 25.1 Å². The summed E-state index contributed by atoms with van der Waals surface area (Å²) in [6.07, 6.45) is 0.769. The number of aryl methyl sites for hydroxylation is 2. The van der Waals surface area contributed by atoms with Crippen molar-refractivity contribution in [1.29, 1.82) is 0 Å². The van der Waals surface area contributed by atoms with E-state index in [-0.39, 0.29) is 10.6 Å². The largest absolute Gasteiger partial charge is 0.391 e. The van der Waals surface area contributed by atoms with Crippen LogP contribution in [0.3, 0.4) is 0 Å². The number of nitrogens with zero attached hydrogens (tertiary/aromatic N) is 1. The van der Waals surface area contributed by atoms with Crippen LogP contribution in [-0.2, 0) is 22.9 Å². The predicted octanol–water partition coefficient (Wildman–Crippen LogP) is 2.48. The topological polar surface area (TPSA) is 110 Å². The summed E-state index contributed by atoms with van der Waals surface area (Å²) in [4.78, 5) is 10.6. The zero-order valence-electron chi connectivity index (χ0n) is 14.3. The third kappa shape index (κ3) is 3.62. The highest BCUT2D eigenvalue weighted by molar-refractivity contribution is 7.89. The summed E-state index contributed by atoms with van der Waals surface area (Å²) in [6.45, 7) is 1.98. The Morgan fingerprint density at radius 2 is 1.92 bits per heavy atom. The van der Waals surface area contributed by atoms with Crippen molar-refractivity contribution in [2.75, 3.05) is 0 Å². The lowest BCUT2D eigenvalue weighted by Crippen LogP contribution is -2.39. The van der Waals surface area contributed by atoms with Crippen LogP contribution < -0.4 is 4.72 Å². The Kier molecular flexibility index (Phi) is 5.08. The van der Waals surface area contributed by atoms with E-state index in [0.29, 0.717) is 18.4 Å². The average Bonchev–Trinajstić information content (AvgIpc) is 2.63. The van der Waals surface area contributed by atoms with Gasteiger partial charge >= 0.3 is 0 Å². The maximum absolute atomic E-state index is 12.7. The number of hydrogen-bond acceptors (Lipinski definition) is 5. The molecule has 0 spiro atoms. The van der Waals surface area contributed by atoms with E-state index in [4.69, 9.17) is 0 Å². The van der Waals surface area contributed by atoms with E-state index in [1.165, 1.54) is 24.3 Å². The third-order valence-corrected chi connectivity index (χ3v) is 6.15. The summed E-state index contributed by atoms with van der Waals surface area (Å²) >= 11 is 0. The van der Waals surface area contributed by atoms with Gasteiger partial charge in [0.2, 0.25) is 10.0 Å². The normalized spacial score (nSPS) is 19.8. The molecule has 0 aliphatic heterocycles. The number of nitro groups is 1. The lowest BCUT2D eigenvalue weighted by molar-refractivity contribution is -0.385. The van der Waals surface area contributed by atoms with Crippen LogP contribution in [0.4, 0.5) is 5.69 Å². The van der Waals surface area contributed by atoms with Crippen molar-refractivity contribution >= 4 is 15.7 Å². The molecule has 8 heteroatoms. The molecular formula is C18H20N2O5S. The Morgan fingerprint density at radius 3 is 2.54 bits per heavy atom. The summed E-state index contributed by atoms with van der Waals surface area (Å²) in [5.41, 5.74) is 2.14. The summed E-state index contributed by atoms with van der Waals surface area (Å²) in [7, 11) is -3.87. The number of sulfonamides is 1. The molecule has 2 atom stereocenters. The standard InChI is InChI=1S/C18H20N2O5S/c1-2-12-3-8-15(9-4-12)26(24,25)19-18-16-11-14(20(22)23)7-5-13(16)6-10-17(18)21/h3-5,7-9,11,17-19,21H,2,6,10H2,1H3/t17-,18-/m1/s1. The van der Waals surface area contributed by atoms with Gasteiger partial charge in [-0.3, -0.25) is 10.1 Å². The number of benzene rings is 2. The van der Waals surface area contributed by atoms with Crippen molar-refractivity contribution in [2.45, 2.75) is 43.2 Å². The van der Waals surface area contributed by atoms with Gasteiger partial charge in [-0.2, -0.15) is 0 Å². The minimum absolute atomic E-state index is 0.0967. The highest BCUT2D eigenvalue weighted by Gasteiger charge is 2.33. The highest BCUT2D eigenvalue weighted by atomic mass is 32.2. The summed E-state index contributed by atoms with van der Waals surface area (Å²) in [6, 6.07) is 9.95. The Hall–Kier alpha value is -2.29. The Labute approximate surface area is 151 Å². The third-order valence-electron chi connectivity index (χ3n) is 4.69. The van der Waals surface area contributed by atoms with Crippen LogP contribution in [-0.4, -0.2) is 24.6 Å². The first-order valence-electron chi connectivity index (χ1n) is 8.38. The molecule has 0 unspecified atom stereocenters. The van der Waals surface area contributed by atoms with Gasteiger partial charge in [-0.15, -0.1) is 0 Å². The van der Waals surface area contributed by atoms with Crippen molar-refractivity contribution in [2.24, 2.45) is 0 Å². The minimum atomic E-state index is -3.87. The summed E-state index contributed by atoms with van der Waals surface area (Å²) in [5, 5.41) is 21.4. The van der Waals surface area contributed by atoms with Crippen molar-refractivity contribution < 1.29 is 18.4 Å². The number of hydrogen-bond donors (Lipinski definition) is 2. The van der Waals surface area contributed by atoms with E-state index in [0.717, 1.165) is 17.5 Å². The van der Waals surface area contributed by atoms with Crippen LogP contribution in [0.15, 0.2) is 47.4 Å². The average molecular weight is 376 g/mol. The molecule has 0 bridgehead atoms. The van der Waals surface area contributed by atoms with E-state index in [1.807, 2.05) is 6.92 Å². The molecule has 138 valence electrons. The molecule has 0 saturated carbocycles. The number of aliphatic hydroxyl groups excluding tert-OH is 1. The van der Waals surface area contributed by atoms with E-state index in [1.54, 1.807) is 18.2 Å². The second-order valence-corrected chi connectivity index (χ2v) is 8.06. The van der Waals surface area contributed by atoms with Gasteiger partial charge < -0.3 is 5.11 Å². The molecular weight excluding hydrogens is 356 g/mol. The quantitative estimate of drug-likeness (QED) is 0.615. The smallest absolute Gasteiger partial charge is 0.269 e. The second-order valence-electron chi connectivity index (χ2n) is 6.34. The van der Waals surface area contributed by atoms with Gasteiger partial charge in [0.15, 0.2) is 0 Å². The molecule has 0 radical (unpaired) electrons. The van der Waals surface area contributed by atoms with Crippen molar-refractivity contribution in [3.63, 3.8) is 0 Å². The number of nitro benzene ring substituents is 1. The monoisotopic (exact) mass is 376 g/mol. The van der Waals surface area contributed by atoms with Crippen molar-refractivity contribution in [3.8, 4) is 0 Å². The van der Waals surface area contributed by atoms with E-state index < -0.39 is 27.1 Å². The van der Waals surface area contributed by atoms with Crippen LogP contribution in [0.2, 0.25) is 0 Å². The van der Waals surface area contributed by atoms with Gasteiger partial charge in [0, 0.05) is 12.1 Å². The number of aliphatic hydroxyl groups is 1. The Morgan fingerprint density at radius 1 is 1.23 bits per heavy atom. The number of rotatable bonds is 5. The van der Waals surface area contributed by atoms with Gasteiger partial charge in [-0.25, -0.2) is 13.1 Å². The fraction of sp³-hybridized carbons (Fsp3) is 0.333. The first-order valence-corrected chi connectivity index (χ1v) is 9.86. The molecule has 2 N–H and O–H groups in total. The van der Waals surface area contributed by atoms with E-state index in [9.17, 15) is 23.6 Å². The Bertz CT molecular complexity index is 925. The number of nitrogens with one attached hydrogen (secondary N) is 1. The molecule has 0 aromatic heterocycles. The maximum Gasteiger partial charge on any atom is 0.269 e. The molecule has 2 aromatic carbocycles. The molecule has 26 heavy (non-hydrogen) atoms. The molecule has 1 aliphatic rings. The number of non-ortho nitro benzene ring substituents is 1. The highest BCUT2D eigenvalue weighted by Crippen LogP contribution is 2.33. The number of fused-ring (bicyclic) bond motifs is 1. The molecule has 0 amide bonds. The van der Waals surface area contributed by atoms with Crippen molar-refractivity contribution in [3.05, 3.63) is 69.3 Å². The van der Waals surface area contributed by atoms with Crippen LogP contribution in [0.5, 0.6) is 0 Å². The summed E-state index contributed by atoms with van der Waals surface area (Å²) in [5.74, 6) is 0. The molecule has 2 aromatic rings. The first-order chi connectivity index (χ1) is 12.3. The van der Waals surface area contributed by atoms with Crippen LogP contribution in [0, 0.1) is 10.1 Å². The van der Waals surface area contributed by atoms with Crippen molar-refractivity contribution in [1.82, 2.24) is 4.72 Å². The minimum Gasteiger partial charge on any atom is -0.391 e. The Balaban J connectivity index is 1.95. The van der Waals surface area contributed by atoms with E-state index in [2.05, 4.69) is 4.72 Å². The second kappa shape index (κ2) is 7.14. The molecule has 3 rings (SSSR count). The van der Waals surface area contributed by atoms with E-state index >= 15 is 0 Å². The van der Waals surface area contributed by atoms with Crippen LogP contribution in [0.25, 0.3) is 0 Å². The molecule has 1 aliphatic carbocycles. The predicted molar refractivity (Wildman–Crippen MR) is 96.3 cm³/mol. The zero-order valence-corrected chi connectivity index (χ0v) is 15.1. The first kappa shape index (κ1) is 18.5. The van der Waals surface area contributed by atoms with Gasteiger partial charge in [-0.05, 0) is 48.1 Å². The fourth-order valence-electron chi connectivity index (χ4n) is 3.17. The molecule has 7 nitrogen and oxygen atoms in total. The van der Waals surface area contributed by atoms with Crippen LogP contribution >= 0.6 is 0 Å². The van der Waals surface area contributed by atoms with Gasteiger partial charge in [0.25, 0.3) is 5.69 Å². The molecule has 0 saturated heterocycles. The van der Waals surface area contributed by atoms with Crippen LogP contribution in [0.1, 0.15) is 36.1 Å². The SMILES string of the molecule is CCc1ccc(S(=O)(=O)N[C@@H]2c3cc([N+](=O)[O-])ccc3CC[C@H]2O)cc1. The molecule has 0 heterocycles.